The van der Waals surface area contributed by atoms with E-state index >= 15 is 0 Å². The molecule has 3 aromatic carbocycles. The quantitative estimate of drug-likeness (QED) is 0.404. The third kappa shape index (κ3) is 6.16. The molecule has 0 fully saturated rings. The van der Waals surface area contributed by atoms with Crippen molar-refractivity contribution < 1.29 is 28.5 Å². The Bertz CT molecular complexity index is 1300. The van der Waals surface area contributed by atoms with Crippen molar-refractivity contribution in [1.29, 1.82) is 0 Å². The molecule has 38 heavy (non-hydrogen) atoms. The van der Waals surface area contributed by atoms with Gasteiger partial charge in [-0.25, -0.2) is 0 Å². The maximum Gasteiger partial charge on any atom is 0.240 e. The van der Waals surface area contributed by atoms with Crippen molar-refractivity contribution in [3.05, 3.63) is 71.8 Å². The fourth-order valence-electron chi connectivity index (χ4n) is 4.37. The van der Waals surface area contributed by atoms with E-state index in [0.717, 1.165) is 21.7 Å². The van der Waals surface area contributed by atoms with Crippen LogP contribution in [0.25, 0.3) is 0 Å². The van der Waals surface area contributed by atoms with Gasteiger partial charge in [0.2, 0.25) is 11.8 Å². The van der Waals surface area contributed by atoms with E-state index in [2.05, 4.69) is 5.32 Å². The number of carbonyl (C=O) groups excluding carboxylic acids is 2. The van der Waals surface area contributed by atoms with Crippen LogP contribution in [0.1, 0.15) is 22.8 Å². The minimum absolute atomic E-state index is 0.0546. The summed E-state index contributed by atoms with van der Waals surface area (Å²) in [7, 11) is 6.37. The van der Waals surface area contributed by atoms with Crippen LogP contribution in [-0.2, 0) is 16.0 Å². The van der Waals surface area contributed by atoms with Crippen molar-refractivity contribution in [3.63, 3.8) is 0 Å². The summed E-state index contributed by atoms with van der Waals surface area (Å²) in [4.78, 5) is 28.9. The summed E-state index contributed by atoms with van der Waals surface area (Å²) >= 11 is 1.61. The second kappa shape index (κ2) is 12.6. The standard InChI is InChI=1S/C29H32N2O6S/c1-34-22-11-9-19(15-24(22)36-3)13-14-30-28(32)18-31-21-7-5-6-8-26(21)38-27(17-29(31)33)20-10-12-23(35-2)25(16-20)37-4/h5-12,15-16,27H,13-14,17-18H2,1-4H3,(H,30,32). The van der Waals surface area contributed by atoms with E-state index in [1.165, 1.54) is 0 Å². The number of nitrogens with one attached hydrogen (secondary N) is 1. The molecule has 0 saturated heterocycles. The number of para-hydroxylation sites is 1. The summed E-state index contributed by atoms with van der Waals surface area (Å²) in [5.41, 5.74) is 2.70. The largest absolute Gasteiger partial charge is 0.493 e. The van der Waals surface area contributed by atoms with Crippen LogP contribution in [0.5, 0.6) is 23.0 Å². The number of hydrogen-bond donors (Lipinski definition) is 1. The molecule has 1 heterocycles. The first kappa shape index (κ1) is 27.2. The van der Waals surface area contributed by atoms with Crippen LogP contribution >= 0.6 is 11.8 Å². The molecule has 200 valence electrons. The summed E-state index contributed by atoms with van der Waals surface area (Å²) in [5.74, 6) is 2.21. The van der Waals surface area contributed by atoms with E-state index in [0.29, 0.717) is 36.0 Å². The number of methoxy groups -OCH3 is 4. The molecule has 3 aromatic rings. The van der Waals surface area contributed by atoms with E-state index in [1.54, 1.807) is 45.1 Å². The SMILES string of the molecule is COc1ccc(CCNC(=O)CN2C(=O)CC(c3ccc(OC)c(OC)c3)Sc3ccccc32)cc1OC. The Morgan fingerprint density at radius 1 is 0.895 bits per heavy atom. The zero-order valence-electron chi connectivity index (χ0n) is 22.0. The van der Waals surface area contributed by atoms with E-state index in [9.17, 15) is 9.59 Å². The summed E-state index contributed by atoms with van der Waals surface area (Å²) < 4.78 is 21.5. The van der Waals surface area contributed by atoms with Crippen molar-refractivity contribution in [2.24, 2.45) is 0 Å². The molecule has 0 spiro atoms. The summed E-state index contributed by atoms with van der Waals surface area (Å²) in [5, 5.41) is 2.81. The van der Waals surface area contributed by atoms with Gasteiger partial charge in [-0.3, -0.25) is 9.59 Å². The first-order valence-electron chi connectivity index (χ1n) is 12.2. The molecule has 0 radical (unpaired) electrons. The molecule has 1 atom stereocenters. The van der Waals surface area contributed by atoms with Crippen LogP contribution in [-0.4, -0.2) is 53.3 Å². The maximum atomic E-state index is 13.5. The van der Waals surface area contributed by atoms with Gasteiger partial charge in [0, 0.05) is 23.1 Å². The first-order valence-corrected chi connectivity index (χ1v) is 13.1. The molecule has 0 aromatic heterocycles. The molecule has 1 N–H and O–H groups in total. The minimum atomic E-state index is -0.219. The molecule has 1 aliphatic rings. The average Bonchev–Trinajstić information content (AvgIpc) is 3.08. The van der Waals surface area contributed by atoms with Gasteiger partial charge in [-0.05, 0) is 53.9 Å². The van der Waals surface area contributed by atoms with Crippen LogP contribution in [0.15, 0.2) is 65.6 Å². The van der Waals surface area contributed by atoms with Crippen LogP contribution in [0.4, 0.5) is 5.69 Å². The summed E-state index contributed by atoms with van der Waals surface area (Å²) in [6.07, 6.45) is 0.863. The number of ether oxygens (including phenoxy) is 4. The Kier molecular flexibility index (Phi) is 9.02. The third-order valence-corrected chi connectivity index (χ3v) is 7.67. The number of fused-ring (bicyclic) bond motifs is 1. The lowest BCUT2D eigenvalue weighted by Gasteiger charge is -2.22. The Morgan fingerprint density at radius 2 is 1.55 bits per heavy atom. The van der Waals surface area contributed by atoms with Gasteiger partial charge in [0.15, 0.2) is 23.0 Å². The van der Waals surface area contributed by atoms with Gasteiger partial charge in [0.25, 0.3) is 0 Å². The fourth-order valence-corrected chi connectivity index (χ4v) is 5.64. The zero-order valence-corrected chi connectivity index (χ0v) is 22.8. The molecule has 0 saturated carbocycles. The highest BCUT2D eigenvalue weighted by Crippen LogP contribution is 2.46. The van der Waals surface area contributed by atoms with Crippen LogP contribution < -0.4 is 29.2 Å². The van der Waals surface area contributed by atoms with E-state index in [4.69, 9.17) is 18.9 Å². The van der Waals surface area contributed by atoms with Crippen molar-refractivity contribution in [2.45, 2.75) is 23.0 Å². The second-order valence-corrected chi connectivity index (χ2v) is 9.91. The van der Waals surface area contributed by atoms with Gasteiger partial charge in [0.1, 0.15) is 6.54 Å². The topological polar surface area (TPSA) is 86.3 Å². The monoisotopic (exact) mass is 536 g/mol. The number of anilines is 1. The number of nitrogens with zero attached hydrogens (tertiary/aromatic N) is 1. The number of amides is 2. The van der Waals surface area contributed by atoms with Crippen LogP contribution in [0.3, 0.4) is 0 Å². The highest BCUT2D eigenvalue weighted by molar-refractivity contribution is 7.99. The lowest BCUT2D eigenvalue weighted by atomic mass is 10.1. The number of benzene rings is 3. The number of carbonyl (C=O) groups is 2. The number of rotatable bonds is 10. The van der Waals surface area contributed by atoms with Gasteiger partial charge in [-0.2, -0.15) is 0 Å². The number of hydrogen-bond acceptors (Lipinski definition) is 7. The van der Waals surface area contributed by atoms with Gasteiger partial charge < -0.3 is 29.2 Å². The predicted molar refractivity (Wildman–Crippen MR) is 148 cm³/mol. The lowest BCUT2D eigenvalue weighted by Crippen LogP contribution is -2.41. The molecule has 1 aliphatic heterocycles. The van der Waals surface area contributed by atoms with Gasteiger partial charge >= 0.3 is 0 Å². The highest BCUT2D eigenvalue weighted by Gasteiger charge is 2.30. The molecule has 4 rings (SSSR count). The molecule has 8 nitrogen and oxygen atoms in total. The summed E-state index contributed by atoms with van der Waals surface area (Å²) in [6.45, 7) is 0.377. The predicted octanol–water partition coefficient (Wildman–Crippen LogP) is 4.65. The van der Waals surface area contributed by atoms with E-state index in [-0.39, 0.29) is 30.0 Å². The molecule has 2 amide bonds. The molecular weight excluding hydrogens is 504 g/mol. The van der Waals surface area contributed by atoms with E-state index in [1.807, 2.05) is 60.7 Å². The highest BCUT2D eigenvalue weighted by atomic mass is 32.2. The molecule has 0 aliphatic carbocycles. The Morgan fingerprint density at radius 3 is 2.26 bits per heavy atom. The van der Waals surface area contributed by atoms with Crippen LogP contribution in [0.2, 0.25) is 0 Å². The van der Waals surface area contributed by atoms with Crippen molar-refractivity contribution in [1.82, 2.24) is 5.32 Å². The smallest absolute Gasteiger partial charge is 0.240 e. The van der Waals surface area contributed by atoms with Crippen molar-refractivity contribution >= 4 is 29.3 Å². The van der Waals surface area contributed by atoms with Crippen molar-refractivity contribution in [3.8, 4) is 23.0 Å². The fraction of sp³-hybridized carbons (Fsp3) is 0.310. The molecule has 9 heteroatoms. The van der Waals surface area contributed by atoms with Crippen molar-refractivity contribution in [2.75, 3.05) is 46.4 Å². The lowest BCUT2D eigenvalue weighted by molar-refractivity contribution is -0.123. The molecular formula is C29H32N2O6S. The van der Waals surface area contributed by atoms with Gasteiger partial charge in [-0.1, -0.05) is 24.3 Å². The minimum Gasteiger partial charge on any atom is -0.493 e. The summed E-state index contributed by atoms with van der Waals surface area (Å²) in [6, 6.07) is 19.1. The Hall–Kier alpha value is -3.85. The third-order valence-electron chi connectivity index (χ3n) is 6.35. The van der Waals surface area contributed by atoms with Gasteiger partial charge in [0.05, 0.1) is 34.1 Å². The number of thioether (sulfide) groups is 1. The normalized spacial score (nSPS) is 14.8. The average molecular weight is 537 g/mol. The Balaban J connectivity index is 1.45. The maximum absolute atomic E-state index is 13.5. The second-order valence-electron chi connectivity index (χ2n) is 8.66. The zero-order chi connectivity index (χ0) is 27.1. The Labute approximate surface area is 227 Å². The molecule has 0 bridgehead atoms. The first-order chi connectivity index (χ1) is 18.5. The molecule has 1 unspecified atom stereocenters. The van der Waals surface area contributed by atoms with Gasteiger partial charge in [-0.15, -0.1) is 11.8 Å². The van der Waals surface area contributed by atoms with E-state index < -0.39 is 0 Å². The van der Waals surface area contributed by atoms with Crippen LogP contribution in [0, 0.1) is 0 Å².